The Balaban J connectivity index is 1.82. The number of carbonyl (C=O) groups excluding carboxylic acids is 1. The first kappa shape index (κ1) is 11.8. The third kappa shape index (κ3) is 3.69. The van der Waals surface area contributed by atoms with E-state index in [0.717, 1.165) is 19.0 Å². The van der Waals surface area contributed by atoms with Crippen molar-refractivity contribution in [3.63, 3.8) is 0 Å². The van der Waals surface area contributed by atoms with Gasteiger partial charge in [-0.25, -0.2) is 14.2 Å². The quantitative estimate of drug-likeness (QED) is 0.830. The van der Waals surface area contributed by atoms with Crippen molar-refractivity contribution in [1.82, 2.24) is 10.3 Å². The van der Waals surface area contributed by atoms with Crippen LogP contribution in [0.2, 0.25) is 0 Å². The van der Waals surface area contributed by atoms with Crippen LogP contribution < -0.4 is 10.6 Å². The van der Waals surface area contributed by atoms with E-state index in [-0.39, 0.29) is 12.1 Å². The van der Waals surface area contributed by atoms with E-state index < -0.39 is 5.82 Å². The van der Waals surface area contributed by atoms with Crippen LogP contribution in [0.25, 0.3) is 0 Å². The lowest BCUT2D eigenvalue weighted by molar-refractivity contribution is 0.244. The van der Waals surface area contributed by atoms with Crippen molar-refractivity contribution in [1.29, 1.82) is 0 Å². The van der Waals surface area contributed by atoms with Gasteiger partial charge in [0.15, 0.2) is 0 Å². The van der Waals surface area contributed by atoms with E-state index in [2.05, 4.69) is 15.6 Å². The van der Waals surface area contributed by atoms with Crippen molar-refractivity contribution in [3.05, 3.63) is 24.1 Å². The number of hydrogen-bond acceptors (Lipinski definition) is 2. The summed E-state index contributed by atoms with van der Waals surface area (Å²) in [4.78, 5) is 15.4. The van der Waals surface area contributed by atoms with Gasteiger partial charge < -0.3 is 5.32 Å². The number of urea groups is 1. The van der Waals surface area contributed by atoms with E-state index in [4.69, 9.17) is 0 Å². The fourth-order valence-corrected chi connectivity index (χ4v) is 2.03. The minimum Gasteiger partial charge on any atom is -0.335 e. The summed E-state index contributed by atoms with van der Waals surface area (Å²) in [5, 5.41) is 5.49. The molecule has 0 saturated heterocycles. The van der Waals surface area contributed by atoms with Crippen LogP contribution in [-0.2, 0) is 0 Å². The summed E-state index contributed by atoms with van der Waals surface area (Å²) in [6.07, 6.45) is 6.73. The lowest BCUT2D eigenvalue weighted by Gasteiger charge is -2.22. The highest BCUT2D eigenvalue weighted by Gasteiger charge is 2.15. The molecule has 1 aromatic heterocycles. The highest BCUT2D eigenvalue weighted by Crippen LogP contribution is 2.17. The lowest BCUT2D eigenvalue weighted by Crippen LogP contribution is -2.39. The first-order valence-electron chi connectivity index (χ1n) is 5.93. The molecule has 5 heteroatoms. The number of aromatic nitrogens is 1. The monoisotopic (exact) mass is 237 g/mol. The van der Waals surface area contributed by atoms with Gasteiger partial charge in [-0.1, -0.05) is 19.3 Å². The number of rotatable bonds is 2. The van der Waals surface area contributed by atoms with Crippen molar-refractivity contribution in [3.8, 4) is 0 Å². The summed E-state index contributed by atoms with van der Waals surface area (Å²) < 4.78 is 12.6. The van der Waals surface area contributed by atoms with E-state index in [1.165, 1.54) is 31.4 Å². The molecule has 1 heterocycles. The Hall–Kier alpha value is -1.65. The number of nitrogens with zero attached hydrogens (tertiary/aromatic N) is 1. The number of anilines is 1. The van der Waals surface area contributed by atoms with Crippen molar-refractivity contribution < 1.29 is 9.18 Å². The van der Waals surface area contributed by atoms with Crippen LogP contribution >= 0.6 is 0 Å². The average molecular weight is 237 g/mol. The topological polar surface area (TPSA) is 54.0 Å². The number of amides is 2. The predicted molar refractivity (Wildman–Crippen MR) is 63.2 cm³/mol. The molecule has 0 unspecified atom stereocenters. The van der Waals surface area contributed by atoms with Gasteiger partial charge in [0.1, 0.15) is 11.6 Å². The maximum atomic E-state index is 12.6. The Labute approximate surface area is 99.6 Å². The highest BCUT2D eigenvalue weighted by molar-refractivity contribution is 5.88. The molecular weight excluding hydrogens is 221 g/mol. The van der Waals surface area contributed by atoms with Crippen molar-refractivity contribution in [2.75, 3.05) is 5.32 Å². The molecule has 0 spiro atoms. The van der Waals surface area contributed by atoms with E-state index in [1.54, 1.807) is 0 Å². The number of halogens is 1. The summed E-state index contributed by atoms with van der Waals surface area (Å²) in [7, 11) is 0. The smallest absolute Gasteiger partial charge is 0.320 e. The Morgan fingerprint density at radius 3 is 2.71 bits per heavy atom. The molecule has 1 aliphatic carbocycles. The molecule has 0 aliphatic heterocycles. The molecule has 1 aromatic rings. The Morgan fingerprint density at radius 1 is 1.29 bits per heavy atom. The molecule has 2 N–H and O–H groups in total. The van der Waals surface area contributed by atoms with E-state index in [0.29, 0.717) is 5.82 Å². The lowest BCUT2D eigenvalue weighted by atomic mass is 9.96. The van der Waals surface area contributed by atoms with Gasteiger partial charge in [-0.3, -0.25) is 5.32 Å². The average Bonchev–Trinajstić information content (AvgIpc) is 2.33. The summed E-state index contributed by atoms with van der Waals surface area (Å²) in [6, 6.07) is 2.69. The fourth-order valence-electron chi connectivity index (χ4n) is 2.03. The number of hydrogen-bond donors (Lipinski definition) is 2. The molecule has 4 nitrogen and oxygen atoms in total. The second-order valence-electron chi connectivity index (χ2n) is 4.30. The first-order chi connectivity index (χ1) is 8.24. The van der Waals surface area contributed by atoms with Gasteiger partial charge in [0.2, 0.25) is 0 Å². The maximum Gasteiger partial charge on any atom is 0.320 e. The van der Waals surface area contributed by atoms with Crippen molar-refractivity contribution in [2.24, 2.45) is 0 Å². The zero-order valence-corrected chi connectivity index (χ0v) is 9.58. The molecule has 2 amide bonds. The summed E-state index contributed by atoms with van der Waals surface area (Å²) in [6.45, 7) is 0. The summed E-state index contributed by atoms with van der Waals surface area (Å²) in [5.41, 5.74) is 0. The van der Waals surface area contributed by atoms with Gasteiger partial charge >= 0.3 is 6.03 Å². The Morgan fingerprint density at radius 2 is 2.06 bits per heavy atom. The molecule has 1 aliphatic rings. The van der Waals surface area contributed by atoms with E-state index >= 15 is 0 Å². The second-order valence-corrected chi connectivity index (χ2v) is 4.30. The van der Waals surface area contributed by atoms with Gasteiger partial charge in [0.05, 0.1) is 6.20 Å². The third-order valence-electron chi connectivity index (χ3n) is 2.91. The SMILES string of the molecule is O=C(Nc1ccc(F)cn1)NC1CCCCC1. The van der Waals surface area contributed by atoms with Gasteiger partial charge in [-0.05, 0) is 25.0 Å². The van der Waals surface area contributed by atoms with Crippen LogP contribution in [0, 0.1) is 5.82 Å². The van der Waals surface area contributed by atoms with E-state index in [1.807, 2.05) is 0 Å². The summed E-state index contributed by atoms with van der Waals surface area (Å²) >= 11 is 0. The Kier molecular flexibility index (Phi) is 3.90. The van der Waals surface area contributed by atoms with E-state index in [9.17, 15) is 9.18 Å². The molecule has 1 fully saturated rings. The van der Waals surface area contributed by atoms with Gasteiger partial charge in [-0.15, -0.1) is 0 Å². The number of pyridine rings is 1. The van der Waals surface area contributed by atoms with Gasteiger partial charge in [0.25, 0.3) is 0 Å². The molecule has 2 rings (SSSR count). The Bertz CT molecular complexity index is 374. The molecule has 0 atom stereocenters. The predicted octanol–water partition coefficient (Wildman–Crippen LogP) is 2.67. The third-order valence-corrected chi connectivity index (χ3v) is 2.91. The van der Waals surface area contributed by atoms with Crippen LogP contribution in [0.5, 0.6) is 0 Å². The molecule has 0 aromatic carbocycles. The molecule has 1 saturated carbocycles. The molecule has 0 bridgehead atoms. The van der Waals surface area contributed by atoms with Crippen LogP contribution in [0.1, 0.15) is 32.1 Å². The fraction of sp³-hybridized carbons (Fsp3) is 0.500. The minimum atomic E-state index is -0.414. The molecule has 17 heavy (non-hydrogen) atoms. The number of carbonyl (C=O) groups is 1. The standard InChI is InChI=1S/C12H16FN3O/c13-9-6-7-11(14-8-9)16-12(17)15-10-4-2-1-3-5-10/h6-8,10H,1-5H2,(H2,14,15,16,17). The first-order valence-corrected chi connectivity index (χ1v) is 5.93. The minimum absolute atomic E-state index is 0.254. The van der Waals surface area contributed by atoms with Crippen LogP contribution in [-0.4, -0.2) is 17.1 Å². The molecule has 0 radical (unpaired) electrons. The summed E-state index contributed by atoms with van der Waals surface area (Å²) in [5.74, 6) is -0.0528. The zero-order chi connectivity index (χ0) is 12.1. The molecular formula is C12H16FN3O. The molecule has 92 valence electrons. The maximum absolute atomic E-state index is 12.6. The van der Waals surface area contributed by atoms with Crippen molar-refractivity contribution >= 4 is 11.8 Å². The van der Waals surface area contributed by atoms with Crippen LogP contribution in [0.15, 0.2) is 18.3 Å². The second kappa shape index (κ2) is 5.61. The highest BCUT2D eigenvalue weighted by atomic mass is 19.1. The normalized spacial score (nSPS) is 16.5. The van der Waals surface area contributed by atoms with Gasteiger partial charge in [-0.2, -0.15) is 0 Å². The van der Waals surface area contributed by atoms with Gasteiger partial charge in [0, 0.05) is 6.04 Å². The van der Waals surface area contributed by atoms with Crippen LogP contribution in [0.3, 0.4) is 0 Å². The zero-order valence-electron chi connectivity index (χ0n) is 9.58. The largest absolute Gasteiger partial charge is 0.335 e. The van der Waals surface area contributed by atoms with Crippen molar-refractivity contribution in [2.45, 2.75) is 38.1 Å². The number of nitrogens with one attached hydrogen (secondary N) is 2. The van der Waals surface area contributed by atoms with Crippen LogP contribution in [0.4, 0.5) is 15.0 Å².